The zero-order valence-electron chi connectivity index (χ0n) is 21.4. The van der Waals surface area contributed by atoms with Crippen molar-refractivity contribution in [3.63, 3.8) is 0 Å². The minimum absolute atomic E-state index is 0.00482. The summed E-state index contributed by atoms with van der Waals surface area (Å²) in [6.45, 7) is 1.98. The number of nitrogen functional groups attached to an aromatic ring is 1. The van der Waals surface area contributed by atoms with E-state index in [-0.39, 0.29) is 24.0 Å². The van der Waals surface area contributed by atoms with Crippen molar-refractivity contribution in [2.45, 2.75) is 6.92 Å². The first kappa shape index (κ1) is 26.6. The maximum absolute atomic E-state index is 12.7. The Labute approximate surface area is 223 Å². The van der Waals surface area contributed by atoms with Crippen molar-refractivity contribution in [2.75, 3.05) is 37.2 Å². The van der Waals surface area contributed by atoms with Crippen LogP contribution in [0.2, 0.25) is 0 Å². The van der Waals surface area contributed by atoms with Crippen molar-refractivity contribution in [2.24, 2.45) is 0 Å². The first-order valence-electron chi connectivity index (χ1n) is 11.6. The Bertz CT molecular complexity index is 1510. The molecule has 0 aliphatic carbocycles. The van der Waals surface area contributed by atoms with Crippen LogP contribution in [0.3, 0.4) is 0 Å². The first-order chi connectivity index (χ1) is 18.9. The van der Waals surface area contributed by atoms with Gasteiger partial charge < -0.3 is 35.3 Å². The summed E-state index contributed by atoms with van der Waals surface area (Å²) in [5, 5.41) is 14.4. The molecule has 0 aliphatic rings. The highest BCUT2D eigenvalue weighted by molar-refractivity contribution is 6.47. The molecule has 0 unspecified atom stereocenters. The third-order valence-electron chi connectivity index (χ3n) is 5.21. The average Bonchev–Trinajstić information content (AvgIpc) is 2.96. The molecule has 13 heteroatoms. The number of nitrogens with zero attached hydrogens (tertiary/aromatic N) is 4. The number of benzene rings is 1. The van der Waals surface area contributed by atoms with Gasteiger partial charge >= 0.3 is 0 Å². The number of anilines is 3. The molecule has 0 aliphatic heterocycles. The molecule has 5 N–H and O–H groups in total. The van der Waals surface area contributed by atoms with Crippen LogP contribution >= 0.6 is 0 Å². The lowest BCUT2D eigenvalue weighted by Crippen LogP contribution is -2.25. The number of fused-ring (bicyclic) bond motifs is 1. The molecule has 0 atom stereocenters. The highest BCUT2D eigenvalue weighted by Crippen LogP contribution is 2.36. The van der Waals surface area contributed by atoms with Gasteiger partial charge in [0.1, 0.15) is 29.0 Å². The number of methoxy groups -OCH3 is 2. The van der Waals surface area contributed by atoms with Crippen molar-refractivity contribution in [1.82, 2.24) is 19.9 Å². The van der Waals surface area contributed by atoms with E-state index in [1.807, 2.05) is 0 Å². The molecule has 1 amide bonds. The largest absolute Gasteiger partial charge is 0.493 e. The topological polar surface area (TPSA) is 179 Å². The molecular formula is C26H26N8O5. The Kier molecular flexibility index (Phi) is 8.31. The van der Waals surface area contributed by atoms with Gasteiger partial charge in [-0.15, -0.1) is 0 Å². The van der Waals surface area contributed by atoms with Crippen LogP contribution in [-0.4, -0.2) is 52.4 Å². The summed E-state index contributed by atoms with van der Waals surface area (Å²) in [7, 11) is 3.11. The molecule has 0 spiro atoms. The quantitative estimate of drug-likeness (QED) is 0.164. The van der Waals surface area contributed by atoms with Crippen molar-refractivity contribution in [3.05, 3.63) is 67.1 Å². The monoisotopic (exact) mass is 530 g/mol. The average molecular weight is 531 g/mol. The van der Waals surface area contributed by atoms with Crippen molar-refractivity contribution < 1.29 is 23.7 Å². The Morgan fingerprint density at radius 2 is 1.74 bits per heavy atom. The van der Waals surface area contributed by atoms with Gasteiger partial charge in [0.05, 0.1) is 44.9 Å². The van der Waals surface area contributed by atoms with E-state index in [4.69, 9.17) is 30.1 Å². The van der Waals surface area contributed by atoms with Crippen LogP contribution < -0.4 is 30.6 Å². The minimum Gasteiger partial charge on any atom is -0.493 e. The molecule has 0 saturated carbocycles. The Hall–Kier alpha value is -5.46. The summed E-state index contributed by atoms with van der Waals surface area (Å²) in [5.74, 6) is 2.19. The summed E-state index contributed by atoms with van der Waals surface area (Å²) < 4.78 is 22.2. The van der Waals surface area contributed by atoms with Gasteiger partial charge in [-0.3, -0.25) is 15.2 Å². The van der Waals surface area contributed by atoms with E-state index in [1.54, 1.807) is 57.7 Å². The van der Waals surface area contributed by atoms with Gasteiger partial charge in [0.15, 0.2) is 23.0 Å². The summed E-state index contributed by atoms with van der Waals surface area (Å²) in [6, 6.07) is 8.45. The molecular weight excluding hydrogens is 504 g/mol. The molecule has 3 heterocycles. The van der Waals surface area contributed by atoms with Crippen molar-refractivity contribution in [1.29, 1.82) is 5.41 Å². The third-order valence-corrected chi connectivity index (χ3v) is 5.21. The lowest BCUT2D eigenvalue weighted by molar-refractivity contribution is -0.110. The number of aromatic nitrogens is 4. The summed E-state index contributed by atoms with van der Waals surface area (Å²) in [4.78, 5) is 29.2. The number of hydrogen-bond donors (Lipinski definition) is 4. The number of ether oxygens (including phenoxy) is 4. The molecule has 0 radical (unpaired) electrons. The van der Waals surface area contributed by atoms with Gasteiger partial charge in [0.2, 0.25) is 0 Å². The lowest BCUT2D eigenvalue weighted by Gasteiger charge is -2.13. The molecule has 4 rings (SSSR count). The highest BCUT2D eigenvalue weighted by Gasteiger charge is 2.17. The van der Waals surface area contributed by atoms with E-state index in [2.05, 4.69) is 30.6 Å². The van der Waals surface area contributed by atoms with Crippen LogP contribution in [0, 0.1) is 5.41 Å². The summed E-state index contributed by atoms with van der Waals surface area (Å²) in [6.07, 6.45) is 7.20. The van der Waals surface area contributed by atoms with Crippen LogP contribution in [0.1, 0.15) is 6.92 Å². The van der Waals surface area contributed by atoms with Gasteiger partial charge in [-0.05, 0) is 31.2 Å². The van der Waals surface area contributed by atoms with Crippen LogP contribution in [0.4, 0.5) is 17.5 Å². The molecule has 39 heavy (non-hydrogen) atoms. The van der Waals surface area contributed by atoms with Gasteiger partial charge in [0.25, 0.3) is 5.91 Å². The molecule has 13 nitrogen and oxygen atoms in total. The Morgan fingerprint density at radius 3 is 2.41 bits per heavy atom. The number of carbonyl (C=O) groups is 1. The Morgan fingerprint density at radius 1 is 0.974 bits per heavy atom. The number of nitrogens with one attached hydrogen (secondary N) is 3. The number of amides is 1. The van der Waals surface area contributed by atoms with Crippen molar-refractivity contribution >= 4 is 40.0 Å². The van der Waals surface area contributed by atoms with E-state index in [0.717, 1.165) is 5.39 Å². The number of nitrogens with two attached hydrogens (primary N) is 1. The lowest BCUT2D eigenvalue weighted by atomic mass is 10.2. The summed E-state index contributed by atoms with van der Waals surface area (Å²) in [5.41, 5.74) is 5.78. The fraction of sp³-hybridized carbons (Fsp3) is 0.154. The third kappa shape index (κ3) is 6.46. The molecule has 0 bridgehead atoms. The molecule has 0 fully saturated rings. The number of rotatable bonds is 11. The molecule has 200 valence electrons. The molecule has 4 aromatic rings. The molecule has 1 aromatic carbocycles. The highest BCUT2D eigenvalue weighted by atomic mass is 16.5. The van der Waals surface area contributed by atoms with Gasteiger partial charge in [-0.25, -0.2) is 15.0 Å². The second kappa shape index (κ2) is 12.2. The van der Waals surface area contributed by atoms with E-state index in [1.165, 1.54) is 24.8 Å². The van der Waals surface area contributed by atoms with Crippen LogP contribution in [0.25, 0.3) is 10.9 Å². The van der Waals surface area contributed by atoms with E-state index in [9.17, 15) is 4.79 Å². The van der Waals surface area contributed by atoms with E-state index in [0.29, 0.717) is 34.3 Å². The van der Waals surface area contributed by atoms with Gasteiger partial charge in [-0.1, -0.05) is 0 Å². The minimum atomic E-state index is -0.720. The molecule has 3 aromatic heterocycles. The van der Waals surface area contributed by atoms with Gasteiger partial charge in [-0.2, -0.15) is 0 Å². The van der Waals surface area contributed by atoms with Crippen molar-refractivity contribution in [3.8, 4) is 23.0 Å². The Balaban J connectivity index is 1.44. The van der Waals surface area contributed by atoms with E-state index >= 15 is 0 Å². The number of pyridine rings is 2. The number of hydrogen-bond acceptors (Lipinski definition) is 12. The van der Waals surface area contributed by atoms with Crippen LogP contribution in [0.15, 0.2) is 67.1 Å². The maximum Gasteiger partial charge on any atom is 0.278 e. The standard InChI is InChI=1S/C26H26N8O5/c1-4-38-21(12-32-24-14-30-22(27)13-33-24)25(28)26(35)34-23-6-5-15(11-31-23)39-18-7-8-29-17-10-20(37-3)19(36-2)9-16(17)18/h5-14,28H,4H2,1-3H3,(H2,27,30)(H,32,33)(H,31,34,35)/b21-12+,28-25?. The van der Waals surface area contributed by atoms with E-state index < -0.39 is 11.6 Å². The zero-order chi connectivity index (χ0) is 27.8. The fourth-order valence-electron chi connectivity index (χ4n) is 3.36. The van der Waals surface area contributed by atoms with Gasteiger partial charge in [0, 0.05) is 23.8 Å². The zero-order valence-corrected chi connectivity index (χ0v) is 21.4. The maximum atomic E-state index is 12.7. The van der Waals surface area contributed by atoms with Crippen LogP contribution in [-0.2, 0) is 9.53 Å². The molecule has 0 saturated heterocycles. The summed E-state index contributed by atoms with van der Waals surface area (Å²) >= 11 is 0. The normalized spacial score (nSPS) is 11.0. The fourth-order valence-corrected chi connectivity index (χ4v) is 3.36. The second-order valence-corrected chi connectivity index (χ2v) is 7.76. The first-order valence-corrected chi connectivity index (χ1v) is 11.6. The second-order valence-electron chi connectivity index (χ2n) is 7.76. The smallest absolute Gasteiger partial charge is 0.278 e. The predicted molar refractivity (Wildman–Crippen MR) is 145 cm³/mol. The predicted octanol–water partition coefficient (Wildman–Crippen LogP) is 3.76. The SMILES string of the molecule is CCO/C(=C/Nc1cnc(N)cn1)C(=N)C(=O)Nc1ccc(Oc2ccnc3cc(OC)c(OC)cc23)cn1. The van der Waals surface area contributed by atoms with Crippen LogP contribution in [0.5, 0.6) is 23.0 Å². The number of carbonyl (C=O) groups excluding carboxylic acids is 1.